The monoisotopic (exact) mass is 346 g/mol. The molecule has 130 valence electrons. The minimum Gasteiger partial charge on any atom is -0.497 e. The molecule has 5 nitrogen and oxygen atoms in total. The van der Waals surface area contributed by atoms with Gasteiger partial charge in [0, 0.05) is 11.3 Å². The van der Waals surface area contributed by atoms with Crippen LogP contribution in [0.5, 0.6) is 11.5 Å². The number of hydrogen-bond acceptors (Lipinski definition) is 4. The van der Waals surface area contributed by atoms with E-state index in [1.54, 1.807) is 20.1 Å². The maximum atomic E-state index is 11.9. The van der Waals surface area contributed by atoms with Gasteiger partial charge in [-0.15, -0.1) is 0 Å². The van der Waals surface area contributed by atoms with Gasteiger partial charge in [0.15, 0.2) is 0 Å². The molecule has 0 aliphatic rings. The van der Waals surface area contributed by atoms with Gasteiger partial charge in [-0.3, -0.25) is 4.79 Å². The Morgan fingerprint density at radius 2 is 1.85 bits per heavy atom. The summed E-state index contributed by atoms with van der Waals surface area (Å²) in [5.74, 6) is 1.49. The van der Waals surface area contributed by atoms with Crippen LogP contribution in [0.3, 0.4) is 0 Å². The van der Waals surface area contributed by atoms with Crippen LogP contribution in [-0.4, -0.2) is 12.1 Å². The molecular formula is C21H18N2O3. The maximum Gasteiger partial charge on any atom is 0.266 e. The van der Waals surface area contributed by atoms with Crippen molar-refractivity contribution in [2.24, 2.45) is 0 Å². The molecule has 3 rings (SSSR count). The molecule has 2 aromatic carbocycles. The van der Waals surface area contributed by atoms with E-state index >= 15 is 0 Å². The Kier molecular flexibility index (Phi) is 5.04. The standard InChI is InChI=1S/C21H18N2O3/c1-14-10-19(20(12-22)21(24)23-14)16-6-8-17(9-7-16)26-13-15-4-3-5-18(11-15)25-2/h3-11H,13H2,1-2H3,(H,23,24). The van der Waals surface area contributed by atoms with Crippen LogP contribution in [0, 0.1) is 18.3 Å². The first kappa shape index (κ1) is 17.3. The van der Waals surface area contributed by atoms with Crippen molar-refractivity contribution in [2.45, 2.75) is 13.5 Å². The van der Waals surface area contributed by atoms with Gasteiger partial charge in [0.2, 0.25) is 0 Å². The Labute approximate surface area is 151 Å². The van der Waals surface area contributed by atoms with E-state index in [-0.39, 0.29) is 11.1 Å². The molecule has 0 unspecified atom stereocenters. The summed E-state index contributed by atoms with van der Waals surface area (Å²) in [5.41, 5.74) is 2.87. The summed E-state index contributed by atoms with van der Waals surface area (Å²) in [5, 5.41) is 9.25. The van der Waals surface area contributed by atoms with E-state index in [2.05, 4.69) is 4.98 Å². The molecule has 0 fully saturated rings. The van der Waals surface area contributed by atoms with Crippen molar-refractivity contribution in [2.75, 3.05) is 7.11 Å². The minimum atomic E-state index is -0.374. The van der Waals surface area contributed by atoms with Crippen LogP contribution in [0.4, 0.5) is 0 Å². The average molecular weight is 346 g/mol. The highest BCUT2D eigenvalue weighted by atomic mass is 16.5. The molecule has 0 aliphatic carbocycles. The number of nitrogens with one attached hydrogen (secondary N) is 1. The lowest BCUT2D eigenvalue weighted by molar-refractivity contribution is 0.305. The van der Waals surface area contributed by atoms with Crippen molar-refractivity contribution in [3.8, 4) is 28.7 Å². The summed E-state index contributed by atoms with van der Waals surface area (Å²) in [6.45, 7) is 2.21. The van der Waals surface area contributed by atoms with E-state index < -0.39 is 0 Å². The molecule has 0 amide bonds. The summed E-state index contributed by atoms with van der Waals surface area (Å²) < 4.78 is 11.0. The first-order valence-electron chi connectivity index (χ1n) is 8.11. The largest absolute Gasteiger partial charge is 0.497 e. The quantitative estimate of drug-likeness (QED) is 0.762. The lowest BCUT2D eigenvalue weighted by atomic mass is 10.0. The third-order valence-electron chi connectivity index (χ3n) is 3.98. The van der Waals surface area contributed by atoms with Crippen LogP contribution in [0.15, 0.2) is 59.4 Å². The number of ether oxygens (including phenoxy) is 2. The molecule has 1 N–H and O–H groups in total. The van der Waals surface area contributed by atoms with Gasteiger partial charge in [0.05, 0.1) is 7.11 Å². The number of aryl methyl sites for hydroxylation is 1. The summed E-state index contributed by atoms with van der Waals surface area (Å²) in [7, 11) is 1.63. The van der Waals surface area contributed by atoms with Crippen molar-refractivity contribution in [3.05, 3.63) is 81.8 Å². The van der Waals surface area contributed by atoms with Gasteiger partial charge in [-0.25, -0.2) is 0 Å². The first-order chi connectivity index (χ1) is 12.6. The smallest absolute Gasteiger partial charge is 0.266 e. The zero-order valence-electron chi connectivity index (χ0n) is 14.6. The van der Waals surface area contributed by atoms with Crippen LogP contribution in [0.1, 0.15) is 16.8 Å². The van der Waals surface area contributed by atoms with Crippen LogP contribution in [0.25, 0.3) is 11.1 Å². The Hall–Kier alpha value is -3.52. The second-order valence-electron chi connectivity index (χ2n) is 5.85. The maximum absolute atomic E-state index is 11.9. The van der Waals surface area contributed by atoms with E-state index in [9.17, 15) is 10.1 Å². The fourth-order valence-corrected chi connectivity index (χ4v) is 2.69. The molecule has 1 aromatic heterocycles. The highest BCUT2D eigenvalue weighted by Gasteiger charge is 2.10. The lowest BCUT2D eigenvalue weighted by Crippen LogP contribution is -2.12. The molecule has 3 aromatic rings. The summed E-state index contributed by atoms with van der Waals surface area (Å²) in [6.07, 6.45) is 0. The van der Waals surface area contributed by atoms with E-state index in [4.69, 9.17) is 9.47 Å². The first-order valence-corrected chi connectivity index (χ1v) is 8.11. The number of H-pyrrole nitrogens is 1. The number of aromatic nitrogens is 1. The number of benzene rings is 2. The number of aromatic amines is 1. The summed E-state index contributed by atoms with van der Waals surface area (Å²) in [4.78, 5) is 14.6. The zero-order chi connectivity index (χ0) is 18.5. The molecule has 0 aliphatic heterocycles. The van der Waals surface area contributed by atoms with E-state index in [0.29, 0.717) is 23.6 Å². The molecule has 0 saturated carbocycles. The third-order valence-corrected chi connectivity index (χ3v) is 3.98. The molecule has 0 radical (unpaired) electrons. The second-order valence-corrected chi connectivity index (χ2v) is 5.85. The van der Waals surface area contributed by atoms with Crippen molar-refractivity contribution < 1.29 is 9.47 Å². The van der Waals surface area contributed by atoms with E-state index in [1.807, 2.05) is 54.6 Å². The molecule has 5 heteroatoms. The fourth-order valence-electron chi connectivity index (χ4n) is 2.69. The molecule has 26 heavy (non-hydrogen) atoms. The number of methoxy groups -OCH3 is 1. The van der Waals surface area contributed by atoms with Crippen LogP contribution >= 0.6 is 0 Å². The predicted octanol–water partition coefficient (Wildman–Crippen LogP) is 3.81. The number of pyridine rings is 1. The van der Waals surface area contributed by atoms with E-state index in [0.717, 1.165) is 16.9 Å². The number of nitriles is 1. The Morgan fingerprint density at radius 3 is 2.54 bits per heavy atom. The van der Waals surface area contributed by atoms with Gasteiger partial charge in [-0.1, -0.05) is 24.3 Å². The van der Waals surface area contributed by atoms with Crippen LogP contribution in [-0.2, 0) is 6.61 Å². The second kappa shape index (κ2) is 7.58. The molecule has 0 atom stereocenters. The Morgan fingerprint density at radius 1 is 1.08 bits per heavy atom. The van der Waals surface area contributed by atoms with Crippen LogP contribution < -0.4 is 15.0 Å². The predicted molar refractivity (Wildman–Crippen MR) is 99.3 cm³/mol. The topological polar surface area (TPSA) is 75.1 Å². The van der Waals surface area contributed by atoms with Crippen LogP contribution in [0.2, 0.25) is 0 Å². The van der Waals surface area contributed by atoms with E-state index in [1.165, 1.54) is 0 Å². The SMILES string of the molecule is COc1cccc(COc2ccc(-c3cc(C)[nH]c(=O)c3C#N)cc2)c1. The zero-order valence-corrected chi connectivity index (χ0v) is 14.6. The van der Waals surface area contributed by atoms with Gasteiger partial charge >= 0.3 is 0 Å². The van der Waals surface area contributed by atoms with Gasteiger partial charge in [0.25, 0.3) is 5.56 Å². The highest BCUT2D eigenvalue weighted by Crippen LogP contribution is 2.25. The Balaban J connectivity index is 1.79. The normalized spacial score (nSPS) is 10.2. The van der Waals surface area contributed by atoms with Crippen molar-refractivity contribution in [1.29, 1.82) is 5.26 Å². The molecule has 0 spiro atoms. The van der Waals surface area contributed by atoms with Gasteiger partial charge in [0.1, 0.15) is 29.7 Å². The average Bonchev–Trinajstić information content (AvgIpc) is 2.66. The molecule has 0 bridgehead atoms. The number of hydrogen-bond donors (Lipinski definition) is 1. The van der Waals surface area contributed by atoms with Crippen molar-refractivity contribution in [3.63, 3.8) is 0 Å². The third kappa shape index (κ3) is 3.76. The fraction of sp³-hybridized carbons (Fsp3) is 0.143. The van der Waals surface area contributed by atoms with Gasteiger partial charge in [-0.05, 0) is 48.4 Å². The van der Waals surface area contributed by atoms with Gasteiger partial charge < -0.3 is 14.5 Å². The minimum absolute atomic E-state index is 0.112. The molecule has 0 saturated heterocycles. The Bertz CT molecular complexity index is 1010. The highest BCUT2D eigenvalue weighted by molar-refractivity contribution is 5.70. The van der Waals surface area contributed by atoms with Gasteiger partial charge in [-0.2, -0.15) is 5.26 Å². The molecule has 1 heterocycles. The van der Waals surface area contributed by atoms with Crippen molar-refractivity contribution >= 4 is 0 Å². The number of nitrogens with zero attached hydrogens (tertiary/aromatic N) is 1. The number of rotatable bonds is 5. The summed E-state index contributed by atoms with van der Waals surface area (Å²) in [6, 6.07) is 18.8. The van der Waals surface area contributed by atoms with Crippen molar-refractivity contribution in [1.82, 2.24) is 4.98 Å². The lowest BCUT2D eigenvalue weighted by Gasteiger charge is -2.09. The summed E-state index contributed by atoms with van der Waals surface area (Å²) >= 11 is 0. The molecular weight excluding hydrogens is 328 g/mol.